The van der Waals surface area contributed by atoms with E-state index in [-0.39, 0.29) is 18.4 Å². The number of nitrogens with one attached hydrogen (secondary N) is 1. The lowest BCUT2D eigenvalue weighted by atomic mass is 10.1. The number of carbonyl (C=O) groups is 2. The number of halogens is 2. The van der Waals surface area contributed by atoms with Gasteiger partial charge in [0.25, 0.3) is 5.91 Å². The first-order chi connectivity index (χ1) is 14.7. The zero-order valence-corrected chi connectivity index (χ0v) is 20.8. The number of carbonyl (C=O) groups excluding carboxylic acids is 2. The summed E-state index contributed by atoms with van der Waals surface area (Å²) in [6.45, 7) is 8.34. The van der Waals surface area contributed by atoms with E-state index in [2.05, 4.69) is 28.2 Å². The fourth-order valence-electron chi connectivity index (χ4n) is 3.17. The second-order valence-electron chi connectivity index (χ2n) is 7.63. The van der Waals surface area contributed by atoms with Crippen LogP contribution < -0.4 is 10.1 Å². The second-order valence-corrected chi connectivity index (χ2v) is 8.93. The van der Waals surface area contributed by atoms with Crippen LogP contribution in [0.2, 0.25) is 5.02 Å². The molecule has 0 saturated carbocycles. The summed E-state index contributed by atoms with van der Waals surface area (Å²) in [6.07, 6.45) is 1.89. The Hall–Kier alpha value is -2.05. The Bertz CT molecular complexity index is 896. The molecule has 0 spiro atoms. The van der Waals surface area contributed by atoms with Gasteiger partial charge in [-0.05, 0) is 68.1 Å². The summed E-state index contributed by atoms with van der Waals surface area (Å²) in [5.41, 5.74) is 2.70. The van der Waals surface area contributed by atoms with Crippen molar-refractivity contribution in [2.75, 3.05) is 13.2 Å². The molecule has 31 heavy (non-hydrogen) atoms. The molecule has 0 aromatic heterocycles. The van der Waals surface area contributed by atoms with Crippen LogP contribution in [0.1, 0.15) is 43.4 Å². The maximum atomic E-state index is 13.1. The Morgan fingerprint density at radius 1 is 1.19 bits per heavy atom. The maximum Gasteiger partial charge on any atom is 0.261 e. The van der Waals surface area contributed by atoms with Crippen LogP contribution in [-0.2, 0) is 16.1 Å². The molecular formula is C24H30BrClN2O3. The minimum atomic E-state index is -0.624. The summed E-state index contributed by atoms with van der Waals surface area (Å²) >= 11 is 9.67. The summed E-state index contributed by atoms with van der Waals surface area (Å²) in [4.78, 5) is 27.3. The predicted octanol–water partition coefficient (Wildman–Crippen LogP) is 5.43. The van der Waals surface area contributed by atoms with Crippen molar-refractivity contribution >= 4 is 39.3 Å². The van der Waals surface area contributed by atoms with Gasteiger partial charge in [-0.1, -0.05) is 53.0 Å². The fourth-order valence-corrected chi connectivity index (χ4v) is 3.72. The first kappa shape index (κ1) is 25.2. The number of nitrogens with zero attached hydrogens (tertiary/aromatic N) is 1. The monoisotopic (exact) mass is 508 g/mol. The molecule has 0 aliphatic carbocycles. The van der Waals surface area contributed by atoms with Crippen LogP contribution in [-0.4, -0.2) is 35.9 Å². The molecule has 0 aliphatic heterocycles. The summed E-state index contributed by atoms with van der Waals surface area (Å²) in [5, 5.41) is 3.60. The Kier molecular flexibility index (Phi) is 9.85. The largest absolute Gasteiger partial charge is 0.484 e. The lowest BCUT2D eigenvalue weighted by molar-refractivity contribution is -0.142. The molecule has 0 bridgehead atoms. The third-order valence-corrected chi connectivity index (χ3v) is 6.10. The first-order valence-corrected chi connectivity index (χ1v) is 11.6. The van der Waals surface area contributed by atoms with Crippen molar-refractivity contribution in [3.05, 3.63) is 62.6 Å². The third-order valence-electron chi connectivity index (χ3n) is 5.01. The van der Waals surface area contributed by atoms with E-state index >= 15 is 0 Å². The van der Waals surface area contributed by atoms with E-state index in [1.165, 1.54) is 0 Å². The van der Waals surface area contributed by atoms with Crippen molar-refractivity contribution in [2.45, 2.75) is 53.1 Å². The summed E-state index contributed by atoms with van der Waals surface area (Å²) < 4.78 is 6.68. The predicted molar refractivity (Wildman–Crippen MR) is 128 cm³/mol. The van der Waals surface area contributed by atoms with Crippen LogP contribution in [0, 0.1) is 13.8 Å². The van der Waals surface area contributed by atoms with Crippen molar-refractivity contribution in [1.82, 2.24) is 10.2 Å². The smallest absolute Gasteiger partial charge is 0.261 e. The lowest BCUT2D eigenvalue weighted by Gasteiger charge is -2.29. The van der Waals surface area contributed by atoms with Crippen LogP contribution in [0.5, 0.6) is 5.75 Å². The van der Waals surface area contributed by atoms with Crippen LogP contribution in [0.3, 0.4) is 0 Å². The zero-order chi connectivity index (χ0) is 23.0. The Morgan fingerprint density at radius 3 is 2.48 bits per heavy atom. The van der Waals surface area contributed by atoms with Gasteiger partial charge >= 0.3 is 0 Å². The fraction of sp³-hybridized carbons (Fsp3) is 0.417. The van der Waals surface area contributed by atoms with Crippen molar-refractivity contribution in [2.24, 2.45) is 0 Å². The van der Waals surface area contributed by atoms with Crippen molar-refractivity contribution in [3.63, 3.8) is 0 Å². The highest BCUT2D eigenvalue weighted by molar-refractivity contribution is 9.10. The molecule has 2 aromatic rings. The Balaban J connectivity index is 2.15. The van der Waals surface area contributed by atoms with Crippen molar-refractivity contribution in [3.8, 4) is 5.75 Å². The molecule has 0 heterocycles. The second kappa shape index (κ2) is 12.1. The molecule has 168 valence electrons. The van der Waals surface area contributed by atoms with E-state index in [9.17, 15) is 9.59 Å². The molecule has 1 N–H and O–H groups in total. The number of amides is 2. The normalized spacial score (nSPS) is 11.7. The zero-order valence-electron chi connectivity index (χ0n) is 18.5. The highest BCUT2D eigenvalue weighted by atomic mass is 79.9. The van der Waals surface area contributed by atoms with Crippen LogP contribution in [0.15, 0.2) is 40.9 Å². The molecule has 0 aliphatic rings. The van der Waals surface area contributed by atoms with E-state index in [1.807, 2.05) is 50.2 Å². The summed E-state index contributed by atoms with van der Waals surface area (Å²) in [7, 11) is 0. The first-order valence-electron chi connectivity index (χ1n) is 10.4. The van der Waals surface area contributed by atoms with Gasteiger partial charge in [0.05, 0.1) is 0 Å². The molecule has 7 heteroatoms. The number of benzene rings is 2. The van der Waals surface area contributed by atoms with Gasteiger partial charge in [-0.2, -0.15) is 0 Å². The Labute approximate surface area is 198 Å². The van der Waals surface area contributed by atoms with Crippen LogP contribution in [0.4, 0.5) is 0 Å². The average molecular weight is 510 g/mol. The van der Waals surface area contributed by atoms with Gasteiger partial charge in [-0.3, -0.25) is 9.59 Å². The summed E-state index contributed by atoms with van der Waals surface area (Å²) in [5.74, 6) is 0.147. The minimum Gasteiger partial charge on any atom is -0.484 e. The van der Waals surface area contributed by atoms with Crippen LogP contribution >= 0.6 is 27.5 Å². The van der Waals surface area contributed by atoms with Gasteiger partial charge in [-0.25, -0.2) is 0 Å². The third kappa shape index (κ3) is 7.54. The summed E-state index contributed by atoms with van der Waals surface area (Å²) in [6, 6.07) is 10.7. The lowest BCUT2D eigenvalue weighted by Crippen LogP contribution is -2.49. The molecule has 0 saturated heterocycles. The number of rotatable bonds is 10. The molecule has 0 fully saturated rings. The topological polar surface area (TPSA) is 58.6 Å². The quantitative estimate of drug-likeness (QED) is 0.434. The molecule has 0 radical (unpaired) electrons. The SMILES string of the molecule is CCCCNC(=O)C(C)N(Cc1cccc(Br)c1)C(=O)COc1cc(C)c(Cl)c(C)c1. The number of aryl methyl sites for hydroxylation is 2. The van der Waals surface area contributed by atoms with Crippen molar-refractivity contribution in [1.29, 1.82) is 0 Å². The van der Waals surface area contributed by atoms with Gasteiger partial charge < -0.3 is 15.0 Å². The molecule has 5 nitrogen and oxygen atoms in total. The molecule has 2 rings (SSSR count). The van der Waals surface area contributed by atoms with E-state index in [4.69, 9.17) is 16.3 Å². The molecule has 2 amide bonds. The average Bonchev–Trinajstić information content (AvgIpc) is 2.73. The van der Waals surface area contributed by atoms with E-state index in [0.29, 0.717) is 23.9 Å². The molecule has 1 unspecified atom stereocenters. The molecule has 1 atom stereocenters. The maximum absolute atomic E-state index is 13.1. The van der Waals surface area contributed by atoms with E-state index in [0.717, 1.165) is 34.0 Å². The van der Waals surface area contributed by atoms with Gasteiger partial charge in [0, 0.05) is 22.6 Å². The van der Waals surface area contributed by atoms with Gasteiger partial charge in [-0.15, -0.1) is 0 Å². The van der Waals surface area contributed by atoms with Gasteiger partial charge in [0.2, 0.25) is 5.91 Å². The Morgan fingerprint density at radius 2 is 1.87 bits per heavy atom. The number of ether oxygens (including phenoxy) is 1. The van der Waals surface area contributed by atoms with Crippen molar-refractivity contribution < 1.29 is 14.3 Å². The minimum absolute atomic E-state index is 0.166. The standard InChI is InChI=1S/C24H30BrClN2O3/c1-5-6-10-27-24(30)18(4)28(14-19-8-7-9-20(25)13-19)22(29)15-31-21-11-16(2)23(26)17(3)12-21/h7-9,11-13,18H,5-6,10,14-15H2,1-4H3,(H,27,30). The highest BCUT2D eigenvalue weighted by Gasteiger charge is 2.26. The molecule has 2 aromatic carbocycles. The highest BCUT2D eigenvalue weighted by Crippen LogP contribution is 2.26. The van der Waals surface area contributed by atoms with Crippen LogP contribution in [0.25, 0.3) is 0 Å². The van der Waals surface area contributed by atoms with E-state index in [1.54, 1.807) is 11.8 Å². The number of hydrogen-bond donors (Lipinski definition) is 1. The number of hydrogen-bond acceptors (Lipinski definition) is 3. The molecular weight excluding hydrogens is 480 g/mol. The number of unbranched alkanes of at least 4 members (excludes halogenated alkanes) is 1. The van der Waals surface area contributed by atoms with Gasteiger partial charge in [0.15, 0.2) is 6.61 Å². The van der Waals surface area contributed by atoms with Gasteiger partial charge in [0.1, 0.15) is 11.8 Å². The van der Waals surface area contributed by atoms with E-state index < -0.39 is 6.04 Å².